The first kappa shape index (κ1) is 18.3. The van der Waals surface area contributed by atoms with Crippen LogP contribution < -0.4 is 4.74 Å². The lowest BCUT2D eigenvalue weighted by Gasteiger charge is -2.12. The van der Waals surface area contributed by atoms with E-state index in [-0.39, 0.29) is 17.7 Å². The van der Waals surface area contributed by atoms with Crippen molar-refractivity contribution in [2.45, 2.75) is 20.4 Å². The van der Waals surface area contributed by atoms with Crippen molar-refractivity contribution < 1.29 is 14.3 Å². The van der Waals surface area contributed by atoms with Gasteiger partial charge in [0.05, 0.1) is 18.1 Å². The van der Waals surface area contributed by atoms with E-state index in [2.05, 4.69) is 13.8 Å². The molecule has 0 spiro atoms. The molecular weight excluding hydrogens is 346 g/mol. The van der Waals surface area contributed by atoms with Gasteiger partial charge >= 0.3 is 0 Å². The molecule has 0 radical (unpaired) electrons. The van der Waals surface area contributed by atoms with Crippen LogP contribution in [0.3, 0.4) is 0 Å². The lowest BCUT2D eigenvalue weighted by Crippen LogP contribution is -2.27. The minimum Gasteiger partial charge on any atom is -0.493 e. The van der Waals surface area contributed by atoms with Crippen LogP contribution in [-0.2, 0) is 11.3 Å². The first-order chi connectivity index (χ1) is 12.5. The topological polar surface area (TPSA) is 46.6 Å². The molecule has 4 nitrogen and oxygen atoms in total. The predicted molar refractivity (Wildman–Crippen MR) is 105 cm³/mol. The highest BCUT2D eigenvalue weighted by atomic mass is 32.2. The molecule has 0 atom stereocenters. The average molecular weight is 367 g/mol. The van der Waals surface area contributed by atoms with E-state index in [1.165, 1.54) is 4.90 Å². The van der Waals surface area contributed by atoms with Crippen LogP contribution in [-0.4, -0.2) is 22.7 Å². The molecule has 2 amide bonds. The Kier molecular flexibility index (Phi) is 5.78. The summed E-state index contributed by atoms with van der Waals surface area (Å²) in [5, 5.41) is -0.245. The molecule has 0 N–H and O–H groups in total. The Labute approximate surface area is 157 Å². The summed E-state index contributed by atoms with van der Waals surface area (Å²) < 4.78 is 5.83. The van der Waals surface area contributed by atoms with E-state index in [9.17, 15) is 9.59 Å². The Hall–Kier alpha value is -2.53. The lowest BCUT2D eigenvalue weighted by molar-refractivity contribution is -0.123. The van der Waals surface area contributed by atoms with Gasteiger partial charge in [-0.05, 0) is 35.4 Å². The zero-order valence-corrected chi connectivity index (χ0v) is 15.7. The maximum absolute atomic E-state index is 12.7. The van der Waals surface area contributed by atoms with Crippen LogP contribution in [0.5, 0.6) is 5.75 Å². The summed E-state index contributed by atoms with van der Waals surface area (Å²) in [7, 11) is 0. The summed E-state index contributed by atoms with van der Waals surface area (Å²) in [6.45, 7) is 5.05. The number of amides is 2. The van der Waals surface area contributed by atoms with Crippen molar-refractivity contribution >= 4 is 29.0 Å². The molecule has 134 valence electrons. The molecule has 0 unspecified atom stereocenters. The highest BCUT2D eigenvalue weighted by Crippen LogP contribution is 2.34. The molecule has 2 aromatic rings. The molecule has 0 saturated carbocycles. The Morgan fingerprint density at radius 1 is 1.04 bits per heavy atom. The van der Waals surface area contributed by atoms with Crippen molar-refractivity contribution in [1.82, 2.24) is 4.90 Å². The summed E-state index contributed by atoms with van der Waals surface area (Å²) in [5.41, 5.74) is 1.73. The van der Waals surface area contributed by atoms with Crippen molar-refractivity contribution in [2.75, 3.05) is 6.61 Å². The molecule has 0 aromatic heterocycles. The fourth-order valence-electron chi connectivity index (χ4n) is 2.53. The second-order valence-electron chi connectivity index (χ2n) is 6.50. The van der Waals surface area contributed by atoms with Gasteiger partial charge < -0.3 is 4.74 Å². The van der Waals surface area contributed by atoms with Crippen LogP contribution in [0.4, 0.5) is 4.79 Å². The Balaban J connectivity index is 1.80. The number of ether oxygens (including phenoxy) is 1. The fourth-order valence-corrected chi connectivity index (χ4v) is 3.36. The molecule has 0 bridgehead atoms. The van der Waals surface area contributed by atoms with Gasteiger partial charge in [0.1, 0.15) is 5.75 Å². The maximum atomic E-state index is 12.7. The van der Waals surface area contributed by atoms with Gasteiger partial charge in [0.2, 0.25) is 0 Å². The molecule has 1 aliphatic heterocycles. The Bertz CT molecular complexity index is 830. The van der Waals surface area contributed by atoms with Crippen molar-refractivity contribution in [2.24, 2.45) is 5.92 Å². The smallest absolute Gasteiger partial charge is 0.293 e. The highest BCUT2D eigenvalue weighted by Gasteiger charge is 2.35. The average Bonchev–Trinajstić information content (AvgIpc) is 2.89. The number of rotatable bonds is 6. The first-order valence-corrected chi connectivity index (χ1v) is 9.37. The maximum Gasteiger partial charge on any atom is 0.293 e. The molecule has 5 heteroatoms. The first-order valence-electron chi connectivity index (χ1n) is 8.55. The number of imide groups is 1. The van der Waals surface area contributed by atoms with Gasteiger partial charge in [0.15, 0.2) is 0 Å². The molecule has 1 aliphatic rings. The third-order valence-electron chi connectivity index (χ3n) is 3.83. The number of hydrogen-bond donors (Lipinski definition) is 0. The van der Waals surface area contributed by atoms with Gasteiger partial charge in [-0.3, -0.25) is 14.5 Å². The van der Waals surface area contributed by atoms with E-state index < -0.39 is 0 Å². The number of benzene rings is 2. The van der Waals surface area contributed by atoms with Crippen LogP contribution in [0.25, 0.3) is 6.08 Å². The van der Waals surface area contributed by atoms with Gasteiger partial charge in [0.25, 0.3) is 11.1 Å². The van der Waals surface area contributed by atoms with Gasteiger partial charge in [-0.15, -0.1) is 0 Å². The molecule has 1 heterocycles. The number of para-hydroxylation sites is 1. The number of thioether (sulfide) groups is 1. The lowest BCUT2D eigenvalue weighted by atomic mass is 10.1. The number of hydrogen-bond acceptors (Lipinski definition) is 4. The van der Waals surface area contributed by atoms with Gasteiger partial charge in [-0.1, -0.05) is 62.4 Å². The molecule has 2 aromatic carbocycles. The summed E-state index contributed by atoms with van der Waals surface area (Å²) in [6.07, 6.45) is 1.74. The second-order valence-corrected chi connectivity index (χ2v) is 7.49. The number of carbonyl (C=O) groups excluding carboxylic acids is 2. The van der Waals surface area contributed by atoms with E-state index in [4.69, 9.17) is 4.74 Å². The second kappa shape index (κ2) is 8.23. The zero-order valence-electron chi connectivity index (χ0n) is 14.8. The standard InChI is InChI=1S/C21H21NO3S/c1-15(2)14-25-18-11-7-6-10-17(18)12-19-20(23)22(21(24)26-19)13-16-8-4-3-5-9-16/h3-12,15H,13-14H2,1-2H3/b19-12+. The third kappa shape index (κ3) is 4.35. The molecule has 0 aliphatic carbocycles. The van der Waals surface area contributed by atoms with Gasteiger partial charge in [-0.25, -0.2) is 0 Å². The fraction of sp³-hybridized carbons (Fsp3) is 0.238. The molecular formula is C21H21NO3S. The SMILES string of the molecule is CC(C)COc1ccccc1/C=C1/SC(=O)N(Cc2ccccc2)C1=O. The number of nitrogens with zero attached hydrogens (tertiary/aromatic N) is 1. The quantitative estimate of drug-likeness (QED) is 0.677. The minimum atomic E-state index is -0.262. The van der Waals surface area contributed by atoms with E-state index >= 15 is 0 Å². The van der Waals surface area contributed by atoms with Crippen LogP contribution in [0, 0.1) is 5.92 Å². The van der Waals surface area contributed by atoms with Crippen molar-refractivity contribution in [3.63, 3.8) is 0 Å². The Morgan fingerprint density at radius 3 is 2.46 bits per heavy atom. The van der Waals surface area contributed by atoms with E-state index in [0.717, 1.165) is 28.6 Å². The highest BCUT2D eigenvalue weighted by molar-refractivity contribution is 8.18. The van der Waals surface area contributed by atoms with E-state index in [1.807, 2.05) is 54.6 Å². The molecule has 1 saturated heterocycles. The van der Waals surface area contributed by atoms with Crippen molar-refractivity contribution in [3.05, 3.63) is 70.6 Å². The number of carbonyl (C=O) groups is 2. The largest absolute Gasteiger partial charge is 0.493 e. The molecule has 26 heavy (non-hydrogen) atoms. The third-order valence-corrected chi connectivity index (χ3v) is 4.74. The van der Waals surface area contributed by atoms with Crippen LogP contribution in [0.15, 0.2) is 59.5 Å². The summed E-state index contributed by atoms with van der Waals surface area (Å²) in [5.74, 6) is 0.861. The van der Waals surface area contributed by atoms with Crippen LogP contribution in [0.1, 0.15) is 25.0 Å². The monoisotopic (exact) mass is 367 g/mol. The molecule has 3 rings (SSSR count). The summed E-state index contributed by atoms with van der Waals surface area (Å²) in [4.78, 5) is 26.7. The van der Waals surface area contributed by atoms with Gasteiger partial charge in [-0.2, -0.15) is 0 Å². The predicted octanol–water partition coefficient (Wildman–Crippen LogP) is 4.96. The van der Waals surface area contributed by atoms with Crippen LogP contribution in [0.2, 0.25) is 0 Å². The van der Waals surface area contributed by atoms with E-state index in [0.29, 0.717) is 17.4 Å². The van der Waals surface area contributed by atoms with Crippen LogP contribution >= 0.6 is 11.8 Å². The zero-order chi connectivity index (χ0) is 18.5. The minimum absolute atomic E-state index is 0.245. The summed E-state index contributed by atoms with van der Waals surface area (Å²) >= 11 is 0.972. The normalized spacial score (nSPS) is 16.0. The summed E-state index contributed by atoms with van der Waals surface area (Å²) in [6, 6.07) is 17.1. The van der Waals surface area contributed by atoms with Crippen molar-refractivity contribution in [3.8, 4) is 5.75 Å². The molecule has 1 fully saturated rings. The Morgan fingerprint density at radius 2 is 1.73 bits per heavy atom. The van der Waals surface area contributed by atoms with Crippen molar-refractivity contribution in [1.29, 1.82) is 0 Å². The van der Waals surface area contributed by atoms with Gasteiger partial charge in [0, 0.05) is 5.56 Å². The van der Waals surface area contributed by atoms with E-state index in [1.54, 1.807) is 6.08 Å².